The highest BCUT2D eigenvalue weighted by Crippen LogP contribution is 2.30. The van der Waals surface area contributed by atoms with Crippen molar-refractivity contribution in [3.63, 3.8) is 0 Å². The van der Waals surface area contributed by atoms with Crippen LogP contribution < -0.4 is 16.0 Å². The summed E-state index contributed by atoms with van der Waals surface area (Å²) >= 11 is 1.20. The van der Waals surface area contributed by atoms with E-state index in [0.29, 0.717) is 35.3 Å². The fraction of sp³-hybridized carbons (Fsp3) is 0.308. The minimum Gasteiger partial charge on any atom is -0.379 e. The van der Waals surface area contributed by atoms with Crippen LogP contribution in [0.4, 0.5) is 28.9 Å². The van der Waals surface area contributed by atoms with Crippen molar-refractivity contribution in [2.45, 2.75) is 13.1 Å². The summed E-state index contributed by atoms with van der Waals surface area (Å²) in [6.07, 6.45) is -2.03. The lowest BCUT2D eigenvalue weighted by Gasteiger charge is -2.26. The van der Waals surface area contributed by atoms with Crippen molar-refractivity contribution < 1.29 is 27.5 Å². The summed E-state index contributed by atoms with van der Waals surface area (Å²) in [5.41, 5.74) is 0.666. The number of pyridine rings is 1. The van der Waals surface area contributed by atoms with Gasteiger partial charge in [-0.05, 0) is 42.7 Å². The Morgan fingerprint density at radius 1 is 1.10 bits per heavy atom. The van der Waals surface area contributed by atoms with Crippen LogP contribution in [0.1, 0.15) is 31.9 Å². The second-order valence-electron chi connectivity index (χ2n) is 8.53. The third-order valence-electron chi connectivity index (χ3n) is 5.69. The minimum atomic E-state index is -4.55. The number of carbonyl (C=O) groups is 2. The number of nitrogens with zero attached hydrogens (tertiary/aromatic N) is 3. The molecular weight excluding hydrogens is 533 g/mol. The summed E-state index contributed by atoms with van der Waals surface area (Å²) in [4.78, 5) is 35.6. The third-order valence-corrected chi connectivity index (χ3v) is 6.52. The Kier molecular flexibility index (Phi) is 9.13. The van der Waals surface area contributed by atoms with Gasteiger partial charge in [0.15, 0.2) is 5.13 Å². The number of aromatic nitrogens is 2. The van der Waals surface area contributed by atoms with Gasteiger partial charge in [-0.1, -0.05) is 23.3 Å². The molecule has 1 aliphatic rings. The highest BCUT2D eigenvalue weighted by atomic mass is 32.1. The lowest BCUT2D eigenvalue weighted by atomic mass is 10.0. The Hall–Kier alpha value is -3.99. The normalized spacial score (nSPS) is 13.7. The lowest BCUT2D eigenvalue weighted by Crippen LogP contribution is -2.42. The van der Waals surface area contributed by atoms with Crippen LogP contribution in [-0.4, -0.2) is 66.2 Å². The first-order valence-corrected chi connectivity index (χ1v) is 12.8. The molecule has 0 radical (unpaired) electrons. The summed E-state index contributed by atoms with van der Waals surface area (Å²) in [5, 5.41) is 8.26. The molecule has 3 heterocycles. The Bertz CT molecular complexity index is 1390. The van der Waals surface area contributed by atoms with E-state index in [0.717, 1.165) is 43.5 Å². The maximum Gasteiger partial charge on any atom is 0.416 e. The van der Waals surface area contributed by atoms with E-state index in [1.807, 2.05) is 6.92 Å². The summed E-state index contributed by atoms with van der Waals surface area (Å²) in [6, 6.07) is 6.03. The van der Waals surface area contributed by atoms with Gasteiger partial charge in [0.05, 0.1) is 29.9 Å². The molecule has 13 heteroatoms. The van der Waals surface area contributed by atoms with Crippen molar-refractivity contribution in [2.75, 3.05) is 50.0 Å². The van der Waals surface area contributed by atoms with E-state index in [1.54, 1.807) is 18.2 Å². The molecule has 9 nitrogen and oxygen atoms in total. The molecule has 3 amide bonds. The molecule has 3 N–H and O–H groups in total. The van der Waals surface area contributed by atoms with Gasteiger partial charge in [0.2, 0.25) is 0 Å². The maximum absolute atomic E-state index is 12.9. The molecule has 0 bridgehead atoms. The molecule has 3 aromatic rings. The van der Waals surface area contributed by atoms with Gasteiger partial charge in [0.25, 0.3) is 5.91 Å². The molecule has 1 aromatic carbocycles. The topological polar surface area (TPSA) is 108 Å². The Morgan fingerprint density at radius 2 is 1.90 bits per heavy atom. The largest absolute Gasteiger partial charge is 0.416 e. The van der Waals surface area contributed by atoms with Crippen molar-refractivity contribution >= 4 is 34.2 Å². The van der Waals surface area contributed by atoms with Crippen molar-refractivity contribution in [3.8, 4) is 11.8 Å². The molecule has 0 saturated carbocycles. The molecule has 4 rings (SSSR count). The number of hydrogen-bond donors (Lipinski definition) is 3. The average molecular weight is 559 g/mol. The standard InChI is InChI=1S/C26H25F3N6O3S/c1-17-2-3-19(23(36)33-22-15-20(6-7-30-22)26(27,28)29)14-18(17)4-5-21-16-32-25(39-21)34-24(37)31-8-9-35-10-12-38-13-11-35/h2-3,6-7,14-16H,8-13H2,1H3,(H,30,33,36)(H2,31,32,34,37). The highest BCUT2D eigenvalue weighted by molar-refractivity contribution is 7.16. The van der Waals surface area contributed by atoms with Gasteiger partial charge in [-0.25, -0.2) is 14.8 Å². The number of halogens is 3. The zero-order valence-electron chi connectivity index (χ0n) is 20.9. The van der Waals surface area contributed by atoms with Gasteiger partial charge >= 0.3 is 12.2 Å². The van der Waals surface area contributed by atoms with E-state index < -0.39 is 17.6 Å². The number of hydrogen-bond acceptors (Lipinski definition) is 7. The van der Waals surface area contributed by atoms with Crippen LogP contribution in [0.25, 0.3) is 0 Å². The smallest absolute Gasteiger partial charge is 0.379 e. The summed E-state index contributed by atoms with van der Waals surface area (Å²) in [7, 11) is 0. The Labute approximate surface area is 226 Å². The molecule has 0 spiro atoms. The number of morpholine rings is 1. The lowest BCUT2D eigenvalue weighted by molar-refractivity contribution is -0.137. The number of ether oxygens (including phenoxy) is 1. The van der Waals surface area contributed by atoms with Crippen LogP contribution in [0, 0.1) is 18.8 Å². The Morgan fingerprint density at radius 3 is 2.67 bits per heavy atom. The summed E-state index contributed by atoms with van der Waals surface area (Å²) in [6.45, 7) is 6.14. The second kappa shape index (κ2) is 12.7. The monoisotopic (exact) mass is 558 g/mol. The number of benzene rings is 1. The van der Waals surface area contributed by atoms with Crippen molar-refractivity contribution in [1.82, 2.24) is 20.2 Å². The molecule has 1 aliphatic heterocycles. The van der Waals surface area contributed by atoms with Crippen LogP contribution in [-0.2, 0) is 10.9 Å². The van der Waals surface area contributed by atoms with E-state index in [2.05, 4.69) is 42.7 Å². The third kappa shape index (κ3) is 8.25. The number of alkyl halides is 3. The summed E-state index contributed by atoms with van der Waals surface area (Å²) in [5.74, 6) is 5.13. The predicted molar refractivity (Wildman–Crippen MR) is 141 cm³/mol. The first-order chi connectivity index (χ1) is 18.7. The number of anilines is 2. The van der Waals surface area contributed by atoms with Gasteiger partial charge < -0.3 is 15.4 Å². The second-order valence-corrected chi connectivity index (χ2v) is 9.56. The number of urea groups is 1. The Balaban J connectivity index is 1.34. The number of amides is 3. The van der Waals surface area contributed by atoms with E-state index in [4.69, 9.17) is 4.74 Å². The SMILES string of the molecule is Cc1ccc(C(=O)Nc2cc(C(F)(F)F)ccn2)cc1C#Cc1cnc(NC(=O)NCCN2CCOCC2)s1. The van der Waals surface area contributed by atoms with Crippen molar-refractivity contribution in [3.05, 3.63) is 69.9 Å². The maximum atomic E-state index is 12.9. The van der Waals surface area contributed by atoms with E-state index in [1.165, 1.54) is 17.5 Å². The number of rotatable bonds is 6. The molecule has 2 aromatic heterocycles. The van der Waals surface area contributed by atoms with Crippen LogP contribution >= 0.6 is 11.3 Å². The quantitative estimate of drug-likeness (QED) is 0.395. The minimum absolute atomic E-state index is 0.210. The van der Waals surface area contributed by atoms with Gasteiger partial charge in [-0.3, -0.25) is 15.0 Å². The first-order valence-electron chi connectivity index (χ1n) is 12.0. The molecule has 0 aliphatic carbocycles. The number of aryl methyl sites for hydroxylation is 1. The first kappa shape index (κ1) is 28.0. The molecule has 0 unspecified atom stereocenters. The average Bonchev–Trinajstić information content (AvgIpc) is 3.35. The molecule has 39 heavy (non-hydrogen) atoms. The van der Waals surface area contributed by atoms with Crippen LogP contribution in [0.15, 0.2) is 42.7 Å². The van der Waals surface area contributed by atoms with Crippen LogP contribution in [0.3, 0.4) is 0 Å². The van der Waals surface area contributed by atoms with Gasteiger partial charge in [0, 0.05) is 43.5 Å². The highest BCUT2D eigenvalue weighted by Gasteiger charge is 2.30. The van der Waals surface area contributed by atoms with Crippen LogP contribution in [0.5, 0.6) is 0 Å². The van der Waals surface area contributed by atoms with Crippen LogP contribution in [0.2, 0.25) is 0 Å². The molecular formula is C26H25F3N6O3S. The molecule has 0 atom stereocenters. The van der Waals surface area contributed by atoms with E-state index in [9.17, 15) is 22.8 Å². The zero-order valence-corrected chi connectivity index (χ0v) is 21.7. The zero-order chi connectivity index (χ0) is 27.8. The van der Waals surface area contributed by atoms with Gasteiger partial charge in [-0.2, -0.15) is 13.2 Å². The fourth-order valence-electron chi connectivity index (χ4n) is 3.57. The number of nitrogens with one attached hydrogen (secondary N) is 3. The molecule has 1 fully saturated rings. The van der Waals surface area contributed by atoms with Crippen molar-refractivity contribution in [2.24, 2.45) is 0 Å². The van der Waals surface area contributed by atoms with E-state index in [-0.39, 0.29) is 17.4 Å². The predicted octanol–water partition coefficient (Wildman–Crippen LogP) is 3.97. The van der Waals surface area contributed by atoms with Crippen molar-refractivity contribution in [1.29, 1.82) is 0 Å². The molecule has 204 valence electrons. The van der Waals surface area contributed by atoms with E-state index >= 15 is 0 Å². The van der Waals surface area contributed by atoms with Gasteiger partial charge in [0.1, 0.15) is 5.82 Å². The molecule has 1 saturated heterocycles. The van der Waals surface area contributed by atoms with Gasteiger partial charge in [-0.15, -0.1) is 0 Å². The fourth-order valence-corrected chi connectivity index (χ4v) is 4.24. The summed E-state index contributed by atoms with van der Waals surface area (Å²) < 4.78 is 44.1. The number of carbonyl (C=O) groups excluding carboxylic acids is 2. The number of thiazole rings is 1.